The summed E-state index contributed by atoms with van der Waals surface area (Å²) in [6.45, 7) is 6.02. The quantitative estimate of drug-likeness (QED) is 0.793. The lowest BCUT2D eigenvalue weighted by molar-refractivity contribution is 0.0685. The van der Waals surface area contributed by atoms with E-state index in [1.165, 1.54) is 4.57 Å². The van der Waals surface area contributed by atoms with E-state index in [0.29, 0.717) is 22.9 Å². The predicted molar refractivity (Wildman–Crippen MR) is 95.8 cm³/mol. The minimum Gasteiger partial charge on any atom is -0.477 e. The highest BCUT2D eigenvalue weighted by Gasteiger charge is 2.22. The SMILES string of the molecule is CCn1c(C(=O)O)c(-c2ccccc2)c2cc(C)c(C)cc2c1=O. The smallest absolute Gasteiger partial charge is 0.353 e. The summed E-state index contributed by atoms with van der Waals surface area (Å²) in [7, 11) is 0. The summed E-state index contributed by atoms with van der Waals surface area (Å²) in [6.07, 6.45) is 0. The number of pyridine rings is 1. The van der Waals surface area contributed by atoms with Crippen LogP contribution in [-0.4, -0.2) is 15.6 Å². The average Bonchev–Trinajstić information content (AvgIpc) is 2.57. The molecule has 0 aliphatic heterocycles. The summed E-state index contributed by atoms with van der Waals surface area (Å²) in [5, 5.41) is 11.0. The first-order chi connectivity index (χ1) is 11.5. The molecule has 4 heteroatoms. The molecule has 3 aromatic rings. The zero-order chi connectivity index (χ0) is 17.4. The van der Waals surface area contributed by atoms with E-state index in [1.807, 2.05) is 56.3 Å². The molecule has 0 radical (unpaired) electrons. The molecule has 0 saturated heterocycles. The van der Waals surface area contributed by atoms with Crippen molar-refractivity contribution in [1.82, 2.24) is 4.57 Å². The van der Waals surface area contributed by atoms with Gasteiger partial charge in [-0.05, 0) is 48.9 Å². The highest BCUT2D eigenvalue weighted by molar-refractivity contribution is 6.06. The summed E-state index contributed by atoms with van der Waals surface area (Å²) < 4.78 is 1.35. The lowest BCUT2D eigenvalue weighted by Crippen LogP contribution is -2.27. The van der Waals surface area contributed by atoms with Crippen molar-refractivity contribution in [2.24, 2.45) is 0 Å². The molecule has 0 amide bonds. The van der Waals surface area contributed by atoms with Crippen LogP contribution in [0.3, 0.4) is 0 Å². The van der Waals surface area contributed by atoms with Gasteiger partial charge in [0.1, 0.15) is 5.69 Å². The van der Waals surface area contributed by atoms with Gasteiger partial charge in [-0.1, -0.05) is 36.4 Å². The Morgan fingerprint density at radius 1 is 1.04 bits per heavy atom. The van der Waals surface area contributed by atoms with Crippen LogP contribution in [0.25, 0.3) is 21.9 Å². The fourth-order valence-electron chi connectivity index (χ4n) is 3.13. The number of carbonyl (C=O) groups is 1. The van der Waals surface area contributed by atoms with Crippen LogP contribution >= 0.6 is 0 Å². The van der Waals surface area contributed by atoms with E-state index in [1.54, 1.807) is 6.92 Å². The van der Waals surface area contributed by atoms with E-state index >= 15 is 0 Å². The topological polar surface area (TPSA) is 59.3 Å². The van der Waals surface area contributed by atoms with E-state index in [0.717, 1.165) is 16.7 Å². The monoisotopic (exact) mass is 321 g/mol. The molecule has 0 bridgehead atoms. The highest BCUT2D eigenvalue weighted by atomic mass is 16.4. The molecule has 24 heavy (non-hydrogen) atoms. The molecule has 122 valence electrons. The van der Waals surface area contributed by atoms with E-state index in [-0.39, 0.29) is 11.3 Å². The maximum absolute atomic E-state index is 12.8. The average molecular weight is 321 g/mol. The number of carboxylic acid groups (broad SMARTS) is 1. The van der Waals surface area contributed by atoms with Crippen LogP contribution < -0.4 is 5.56 Å². The molecule has 1 heterocycles. The standard InChI is InChI=1S/C20H19NO3/c1-4-21-18(20(23)24)17(14-8-6-5-7-9-14)15-10-12(2)13(3)11-16(15)19(21)22/h5-11H,4H2,1-3H3,(H,23,24). The number of benzene rings is 2. The van der Waals surface area contributed by atoms with Gasteiger partial charge >= 0.3 is 5.97 Å². The Morgan fingerprint density at radius 2 is 1.62 bits per heavy atom. The molecular formula is C20H19NO3. The molecule has 0 aliphatic rings. The fourth-order valence-corrected chi connectivity index (χ4v) is 3.13. The van der Waals surface area contributed by atoms with Crippen LogP contribution in [0.1, 0.15) is 28.5 Å². The Morgan fingerprint density at radius 3 is 2.17 bits per heavy atom. The maximum atomic E-state index is 12.8. The third-order valence-corrected chi connectivity index (χ3v) is 4.47. The van der Waals surface area contributed by atoms with Crippen molar-refractivity contribution < 1.29 is 9.90 Å². The predicted octanol–water partition coefficient (Wildman–Crippen LogP) is 4.00. The number of rotatable bonds is 3. The summed E-state index contributed by atoms with van der Waals surface area (Å²) in [5.74, 6) is -1.09. The Balaban J connectivity index is 2.62. The van der Waals surface area contributed by atoms with Crippen LogP contribution in [0.4, 0.5) is 0 Å². The van der Waals surface area contributed by atoms with Gasteiger partial charge in [-0.15, -0.1) is 0 Å². The first-order valence-electron chi connectivity index (χ1n) is 7.92. The van der Waals surface area contributed by atoms with Gasteiger partial charge in [-0.2, -0.15) is 0 Å². The molecular weight excluding hydrogens is 302 g/mol. The van der Waals surface area contributed by atoms with E-state index < -0.39 is 5.97 Å². The van der Waals surface area contributed by atoms with Gasteiger partial charge in [0.2, 0.25) is 0 Å². The van der Waals surface area contributed by atoms with Crippen molar-refractivity contribution in [1.29, 1.82) is 0 Å². The Labute approximate surface area is 140 Å². The van der Waals surface area contributed by atoms with E-state index in [2.05, 4.69) is 0 Å². The Bertz CT molecular complexity index is 1000. The Kier molecular flexibility index (Phi) is 3.97. The number of aromatic carboxylic acids is 1. The summed E-state index contributed by atoms with van der Waals surface area (Å²) >= 11 is 0. The number of hydrogen-bond acceptors (Lipinski definition) is 2. The minimum absolute atomic E-state index is 0.0458. The third kappa shape index (κ3) is 2.40. The molecule has 4 nitrogen and oxygen atoms in total. The lowest BCUT2D eigenvalue weighted by atomic mass is 9.94. The molecule has 0 saturated carbocycles. The van der Waals surface area contributed by atoms with Gasteiger partial charge in [-0.25, -0.2) is 4.79 Å². The summed E-state index contributed by atoms with van der Waals surface area (Å²) in [5.41, 5.74) is 3.24. The highest BCUT2D eigenvalue weighted by Crippen LogP contribution is 2.32. The molecule has 0 atom stereocenters. The molecule has 0 unspecified atom stereocenters. The second-order valence-electron chi connectivity index (χ2n) is 5.93. The third-order valence-electron chi connectivity index (χ3n) is 4.47. The number of carboxylic acids is 1. The largest absolute Gasteiger partial charge is 0.477 e. The van der Waals surface area contributed by atoms with Crippen LogP contribution in [0.2, 0.25) is 0 Å². The number of aryl methyl sites for hydroxylation is 2. The zero-order valence-corrected chi connectivity index (χ0v) is 14.0. The summed E-state index contributed by atoms with van der Waals surface area (Å²) in [6, 6.07) is 13.2. The van der Waals surface area contributed by atoms with Gasteiger partial charge in [0, 0.05) is 17.5 Å². The second-order valence-corrected chi connectivity index (χ2v) is 5.93. The molecule has 1 aromatic heterocycles. The van der Waals surface area contributed by atoms with E-state index in [4.69, 9.17) is 0 Å². The Hall–Kier alpha value is -2.88. The van der Waals surface area contributed by atoms with Gasteiger partial charge in [-0.3, -0.25) is 4.79 Å². The van der Waals surface area contributed by atoms with Gasteiger partial charge in [0.25, 0.3) is 5.56 Å². The van der Waals surface area contributed by atoms with E-state index in [9.17, 15) is 14.7 Å². The molecule has 1 N–H and O–H groups in total. The second kappa shape index (κ2) is 5.96. The van der Waals surface area contributed by atoms with Gasteiger partial charge < -0.3 is 9.67 Å². The molecule has 3 rings (SSSR count). The van der Waals surface area contributed by atoms with Crippen LogP contribution in [0.15, 0.2) is 47.3 Å². The number of nitrogens with zero attached hydrogens (tertiary/aromatic N) is 1. The van der Waals surface area contributed by atoms with Crippen LogP contribution in [0.5, 0.6) is 0 Å². The van der Waals surface area contributed by atoms with Crippen molar-refractivity contribution in [3.8, 4) is 11.1 Å². The van der Waals surface area contributed by atoms with Gasteiger partial charge in [0.05, 0.1) is 0 Å². The van der Waals surface area contributed by atoms with Crippen LogP contribution in [-0.2, 0) is 6.54 Å². The fraction of sp³-hybridized carbons (Fsp3) is 0.200. The molecule has 0 spiro atoms. The van der Waals surface area contributed by atoms with Crippen molar-refractivity contribution in [2.75, 3.05) is 0 Å². The van der Waals surface area contributed by atoms with Crippen molar-refractivity contribution >= 4 is 16.7 Å². The minimum atomic E-state index is -1.09. The lowest BCUT2D eigenvalue weighted by Gasteiger charge is -2.17. The molecule has 0 fully saturated rings. The number of aromatic nitrogens is 1. The van der Waals surface area contributed by atoms with Gasteiger partial charge in [0.15, 0.2) is 0 Å². The maximum Gasteiger partial charge on any atom is 0.353 e. The summed E-state index contributed by atoms with van der Waals surface area (Å²) in [4.78, 5) is 24.8. The normalized spacial score (nSPS) is 11.0. The number of fused-ring (bicyclic) bond motifs is 1. The van der Waals surface area contributed by atoms with Crippen molar-refractivity contribution in [3.63, 3.8) is 0 Å². The molecule has 0 aliphatic carbocycles. The van der Waals surface area contributed by atoms with Crippen molar-refractivity contribution in [3.05, 3.63) is 69.6 Å². The van der Waals surface area contributed by atoms with Crippen LogP contribution in [0, 0.1) is 13.8 Å². The molecule has 2 aromatic carbocycles. The van der Waals surface area contributed by atoms with Crippen molar-refractivity contribution in [2.45, 2.75) is 27.3 Å². The first kappa shape index (κ1) is 16.0. The zero-order valence-electron chi connectivity index (χ0n) is 14.0. The first-order valence-corrected chi connectivity index (χ1v) is 7.92. The number of hydrogen-bond donors (Lipinski definition) is 1.